The molecule has 2 aromatic rings. The number of pyridine rings is 1. The summed E-state index contributed by atoms with van der Waals surface area (Å²) in [7, 11) is -3.33. The van der Waals surface area contributed by atoms with E-state index < -0.39 is 20.6 Å². The van der Waals surface area contributed by atoms with Crippen LogP contribution in [0.15, 0.2) is 35.1 Å². The summed E-state index contributed by atoms with van der Waals surface area (Å²) in [5.41, 5.74) is 0.289. The van der Waals surface area contributed by atoms with Gasteiger partial charge in [-0.2, -0.15) is 0 Å². The van der Waals surface area contributed by atoms with Crippen molar-refractivity contribution in [1.82, 2.24) is 4.68 Å². The minimum absolute atomic E-state index is 0.193. The van der Waals surface area contributed by atoms with Crippen molar-refractivity contribution >= 4 is 20.7 Å². The van der Waals surface area contributed by atoms with Crippen molar-refractivity contribution in [3.8, 4) is 0 Å². The van der Waals surface area contributed by atoms with Gasteiger partial charge >= 0.3 is 0 Å². The van der Waals surface area contributed by atoms with E-state index in [2.05, 4.69) is 0 Å². The molecule has 1 aromatic carbocycles. The predicted molar refractivity (Wildman–Crippen MR) is 71.6 cm³/mol. The Morgan fingerprint density at radius 1 is 1.28 bits per heavy atom. The Morgan fingerprint density at radius 3 is 2.50 bits per heavy atom. The van der Waals surface area contributed by atoms with Crippen LogP contribution in [0, 0.1) is 0 Å². The number of benzene rings is 1. The van der Waals surface area contributed by atoms with Crippen LogP contribution >= 0.6 is 0 Å². The molecule has 2 N–H and O–H groups in total. The van der Waals surface area contributed by atoms with Crippen LogP contribution in [-0.4, -0.2) is 19.3 Å². The Morgan fingerprint density at radius 2 is 1.89 bits per heavy atom. The Hall–Kier alpha value is -1.82. The molecule has 0 saturated heterocycles. The van der Waals surface area contributed by atoms with E-state index in [-0.39, 0.29) is 5.56 Å². The normalized spacial score (nSPS) is 13.7. The molecule has 0 amide bonds. The van der Waals surface area contributed by atoms with Crippen LogP contribution in [0.3, 0.4) is 0 Å². The van der Waals surface area contributed by atoms with Gasteiger partial charge in [-0.1, -0.05) is 18.2 Å². The number of rotatable bonds is 2. The number of aromatic nitrogens is 1. The van der Waals surface area contributed by atoms with E-state index in [1.54, 1.807) is 24.3 Å². The molecule has 0 spiro atoms. The second-order valence-corrected chi connectivity index (χ2v) is 6.67. The molecule has 18 heavy (non-hydrogen) atoms. The van der Waals surface area contributed by atoms with E-state index in [4.69, 9.17) is 5.84 Å². The van der Waals surface area contributed by atoms with Gasteiger partial charge in [0.25, 0.3) is 5.56 Å². The van der Waals surface area contributed by atoms with Crippen LogP contribution in [0.5, 0.6) is 0 Å². The minimum Gasteiger partial charge on any atom is -0.336 e. The molecule has 0 fully saturated rings. The molecule has 96 valence electrons. The van der Waals surface area contributed by atoms with Gasteiger partial charge in [0.2, 0.25) is 0 Å². The molecule has 0 saturated carbocycles. The number of hydrogen-bond donors (Lipinski definition) is 1. The van der Waals surface area contributed by atoms with Gasteiger partial charge in [0.15, 0.2) is 9.84 Å². The monoisotopic (exact) mass is 266 g/mol. The standard InChI is InChI=1S/C12H14N2O3S/c1-8(18(2,16)17)10-7-9-5-3-4-6-11(9)14(13)12(10)15/h3-8H,13H2,1-2H3. The average molecular weight is 266 g/mol. The zero-order valence-electron chi connectivity index (χ0n) is 10.1. The maximum Gasteiger partial charge on any atom is 0.273 e. The lowest BCUT2D eigenvalue weighted by Crippen LogP contribution is -2.32. The van der Waals surface area contributed by atoms with E-state index in [1.165, 1.54) is 6.92 Å². The highest BCUT2D eigenvalue weighted by atomic mass is 32.2. The predicted octanol–water partition coefficient (Wildman–Crippen LogP) is 0.821. The average Bonchev–Trinajstić information content (AvgIpc) is 2.32. The first-order valence-corrected chi connectivity index (χ1v) is 7.36. The number of fused-ring (bicyclic) bond motifs is 1. The van der Waals surface area contributed by atoms with E-state index in [0.29, 0.717) is 5.52 Å². The van der Waals surface area contributed by atoms with Crippen LogP contribution in [0.25, 0.3) is 10.9 Å². The fraction of sp³-hybridized carbons (Fsp3) is 0.250. The summed E-state index contributed by atoms with van der Waals surface area (Å²) >= 11 is 0. The molecule has 5 nitrogen and oxygen atoms in total. The van der Waals surface area contributed by atoms with Crippen LogP contribution in [0.4, 0.5) is 0 Å². The van der Waals surface area contributed by atoms with Crippen LogP contribution in [-0.2, 0) is 9.84 Å². The second-order valence-electron chi connectivity index (χ2n) is 4.31. The maximum atomic E-state index is 12.0. The minimum atomic E-state index is -3.33. The number of nitrogen functional groups attached to an aromatic ring is 1. The molecule has 0 radical (unpaired) electrons. The highest BCUT2D eigenvalue weighted by Gasteiger charge is 2.22. The third-order valence-corrected chi connectivity index (χ3v) is 4.59. The Kier molecular flexibility index (Phi) is 2.90. The molecule has 0 aliphatic heterocycles. The van der Waals surface area contributed by atoms with E-state index in [1.807, 2.05) is 6.07 Å². The summed E-state index contributed by atoms with van der Waals surface area (Å²) < 4.78 is 24.1. The summed E-state index contributed by atoms with van der Waals surface area (Å²) in [5.74, 6) is 5.71. The number of nitrogens with zero attached hydrogens (tertiary/aromatic N) is 1. The first kappa shape index (κ1) is 12.6. The summed E-state index contributed by atoms with van der Waals surface area (Å²) in [6.45, 7) is 1.49. The molecule has 0 aliphatic rings. The van der Waals surface area contributed by atoms with Crippen LogP contribution in [0.1, 0.15) is 17.7 Å². The molecule has 0 aliphatic carbocycles. The van der Waals surface area contributed by atoms with Gasteiger partial charge in [0.05, 0.1) is 10.8 Å². The Labute approximate surface area is 105 Å². The lowest BCUT2D eigenvalue weighted by molar-refractivity contribution is 0.591. The SMILES string of the molecule is CC(c1cc2ccccc2n(N)c1=O)S(C)(=O)=O. The molecule has 2 rings (SSSR count). The van der Waals surface area contributed by atoms with Crippen molar-refractivity contribution in [3.63, 3.8) is 0 Å². The molecule has 1 aromatic heterocycles. The molecule has 1 atom stereocenters. The lowest BCUT2D eigenvalue weighted by atomic mass is 10.1. The van der Waals surface area contributed by atoms with Crippen molar-refractivity contribution in [1.29, 1.82) is 0 Å². The zero-order valence-corrected chi connectivity index (χ0v) is 10.9. The molecule has 1 heterocycles. The van der Waals surface area contributed by atoms with Crippen molar-refractivity contribution in [2.75, 3.05) is 12.1 Å². The van der Waals surface area contributed by atoms with Crippen molar-refractivity contribution < 1.29 is 8.42 Å². The third kappa shape index (κ3) is 1.99. The lowest BCUT2D eigenvalue weighted by Gasteiger charge is -2.12. The van der Waals surface area contributed by atoms with Gasteiger partial charge in [0, 0.05) is 17.2 Å². The van der Waals surface area contributed by atoms with E-state index in [0.717, 1.165) is 16.3 Å². The van der Waals surface area contributed by atoms with Gasteiger partial charge in [-0.3, -0.25) is 4.79 Å². The van der Waals surface area contributed by atoms with Gasteiger partial charge in [-0.25, -0.2) is 13.1 Å². The summed E-state index contributed by atoms with van der Waals surface area (Å²) in [6, 6.07) is 8.67. The molecular formula is C12H14N2O3S. The molecule has 1 unspecified atom stereocenters. The van der Waals surface area contributed by atoms with Gasteiger partial charge in [-0.15, -0.1) is 0 Å². The third-order valence-electron chi connectivity index (χ3n) is 3.05. The summed E-state index contributed by atoms with van der Waals surface area (Å²) in [4.78, 5) is 12.0. The largest absolute Gasteiger partial charge is 0.336 e. The van der Waals surface area contributed by atoms with Gasteiger partial charge < -0.3 is 5.84 Å². The second kappa shape index (κ2) is 4.13. The van der Waals surface area contributed by atoms with Gasteiger partial charge in [-0.05, 0) is 19.1 Å². The maximum absolute atomic E-state index is 12.0. The van der Waals surface area contributed by atoms with Gasteiger partial charge in [0.1, 0.15) is 0 Å². The summed E-state index contributed by atoms with van der Waals surface area (Å²) in [6.07, 6.45) is 1.10. The quantitative estimate of drug-likeness (QED) is 0.816. The first-order chi connectivity index (χ1) is 8.32. The topological polar surface area (TPSA) is 82.2 Å². The Balaban J connectivity index is 2.82. The highest BCUT2D eigenvalue weighted by molar-refractivity contribution is 7.90. The molecule has 6 heteroatoms. The highest BCUT2D eigenvalue weighted by Crippen LogP contribution is 2.21. The number of nitrogens with two attached hydrogens (primary N) is 1. The fourth-order valence-electron chi connectivity index (χ4n) is 1.83. The zero-order chi connectivity index (χ0) is 13.5. The van der Waals surface area contributed by atoms with Crippen molar-refractivity contribution in [2.45, 2.75) is 12.2 Å². The van der Waals surface area contributed by atoms with Crippen molar-refractivity contribution in [2.24, 2.45) is 0 Å². The molecule has 0 bridgehead atoms. The van der Waals surface area contributed by atoms with Crippen LogP contribution in [0.2, 0.25) is 0 Å². The fourth-order valence-corrected chi connectivity index (χ4v) is 2.46. The first-order valence-electron chi connectivity index (χ1n) is 5.41. The molecular weight excluding hydrogens is 252 g/mol. The van der Waals surface area contributed by atoms with E-state index >= 15 is 0 Å². The van der Waals surface area contributed by atoms with E-state index in [9.17, 15) is 13.2 Å². The number of para-hydroxylation sites is 1. The number of sulfone groups is 1. The smallest absolute Gasteiger partial charge is 0.273 e. The number of hydrogen-bond acceptors (Lipinski definition) is 4. The van der Waals surface area contributed by atoms with Crippen LogP contribution < -0.4 is 11.4 Å². The summed E-state index contributed by atoms with van der Waals surface area (Å²) in [5, 5.41) is -0.130. The van der Waals surface area contributed by atoms with Crippen molar-refractivity contribution in [3.05, 3.63) is 46.2 Å². The Bertz CT molecular complexity index is 762.